The van der Waals surface area contributed by atoms with Gasteiger partial charge in [-0.3, -0.25) is 9.59 Å². The summed E-state index contributed by atoms with van der Waals surface area (Å²) in [4.78, 5) is 22.6. The molecule has 0 aliphatic carbocycles. The molecule has 0 spiro atoms. The van der Waals surface area contributed by atoms with Crippen LogP contribution in [0.15, 0.2) is 36.4 Å². The van der Waals surface area contributed by atoms with Crippen molar-refractivity contribution >= 4 is 11.8 Å². The highest BCUT2D eigenvalue weighted by Gasteiger charge is 2.33. The van der Waals surface area contributed by atoms with Gasteiger partial charge in [-0.05, 0) is 24.6 Å². The highest BCUT2D eigenvalue weighted by Crippen LogP contribution is 2.33. The highest BCUT2D eigenvalue weighted by molar-refractivity contribution is 5.81. The number of benzene rings is 1. The normalized spacial score (nSPS) is 23.8. The SMILES string of the molecule is CC(=O)OC[C@H]1O[C@H](c2ccc(C(F)(F)F)cc2)C=C[C@@H]1C(C)=O. The molecule has 4 nitrogen and oxygen atoms in total. The van der Waals surface area contributed by atoms with Crippen molar-refractivity contribution in [3.63, 3.8) is 0 Å². The Morgan fingerprint density at radius 2 is 1.75 bits per heavy atom. The Balaban J connectivity index is 2.17. The van der Waals surface area contributed by atoms with Crippen LogP contribution in [0, 0.1) is 5.92 Å². The summed E-state index contributed by atoms with van der Waals surface area (Å²) in [6, 6.07) is 4.61. The zero-order valence-electron chi connectivity index (χ0n) is 13.2. The fourth-order valence-corrected chi connectivity index (χ4v) is 2.45. The molecule has 1 heterocycles. The molecule has 0 saturated heterocycles. The van der Waals surface area contributed by atoms with Crippen LogP contribution in [0.5, 0.6) is 0 Å². The molecule has 1 aromatic carbocycles. The maximum Gasteiger partial charge on any atom is 0.416 e. The van der Waals surface area contributed by atoms with E-state index in [0.29, 0.717) is 5.56 Å². The first-order valence-electron chi connectivity index (χ1n) is 7.33. The second kappa shape index (κ2) is 7.17. The zero-order valence-corrected chi connectivity index (χ0v) is 13.2. The van der Waals surface area contributed by atoms with E-state index >= 15 is 0 Å². The maximum absolute atomic E-state index is 12.6. The van der Waals surface area contributed by atoms with E-state index < -0.39 is 35.8 Å². The monoisotopic (exact) mass is 342 g/mol. The van der Waals surface area contributed by atoms with Crippen molar-refractivity contribution < 1.29 is 32.2 Å². The lowest BCUT2D eigenvalue weighted by atomic mass is 9.93. The lowest BCUT2D eigenvalue weighted by Crippen LogP contribution is -2.36. The average Bonchev–Trinajstić information content (AvgIpc) is 2.51. The van der Waals surface area contributed by atoms with E-state index in [1.807, 2.05) is 0 Å². The zero-order chi connectivity index (χ0) is 17.9. The average molecular weight is 342 g/mol. The molecule has 1 aliphatic rings. The highest BCUT2D eigenvalue weighted by atomic mass is 19.4. The molecule has 0 amide bonds. The number of hydrogen-bond acceptors (Lipinski definition) is 4. The number of hydrogen-bond donors (Lipinski definition) is 0. The summed E-state index contributed by atoms with van der Waals surface area (Å²) in [7, 11) is 0. The summed E-state index contributed by atoms with van der Waals surface area (Å²) < 4.78 is 48.5. The van der Waals surface area contributed by atoms with E-state index in [9.17, 15) is 22.8 Å². The van der Waals surface area contributed by atoms with Gasteiger partial charge in [0.15, 0.2) is 0 Å². The Kier molecular flexibility index (Phi) is 5.43. The molecule has 130 valence electrons. The molecular formula is C17H17F3O4. The fourth-order valence-electron chi connectivity index (χ4n) is 2.45. The summed E-state index contributed by atoms with van der Waals surface area (Å²) in [6.07, 6.45) is -2.42. The molecule has 2 rings (SSSR count). The third-order valence-electron chi connectivity index (χ3n) is 3.70. The van der Waals surface area contributed by atoms with Gasteiger partial charge in [0.2, 0.25) is 0 Å². The van der Waals surface area contributed by atoms with Gasteiger partial charge in [-0.15, -0.1) is 0 Å². The molecule has 3 atom stereocenters. The largest absolute Gasteiger partial charge is 0.463 e. The first kappa shape index (κ1) is 18.2. The predicted octanol–water partition coefficient (Wildman–Crippen LogP) is 3.47. The smallest absolute Gasteiger partial charge is 0.416 e. The Hall–Kier alpha value is -2.15. The van der Waals surface area contributed by atoms with Crippen LogP contribution >= 0.6 is 0 Å². The standard InChI is InChI=1S/C17H17F3O4/c1-10(21)14-7-8-15(24-16(14)9-23-11(2)22)12-3-5-13(6-4-12)17(18,19)20/h3-8,14-16H,9H2,1-2H3/t14-,15+,16-/m1/s1. The lowest BCUT2D eigenvalue weighted by molar-refractivity contribution is -0.151. The fraction of sp³-hybridized carbons (Fsp3) is 0.412. The van der Waals surface area contributed by atoms with Gasteiger partial charge >= 0.3 is 12.1 Å². The van der Waals surface area contributed by atoms with Gasteiger partial charge in [0.1, 0.15) is 24.6 Å². The number of esters is 1. The molecule has 7 heteroatoms. The Morgan fingerprint density at radius 3 is 2.25 bits per heavy atom. The maximum atomic E-state index is 12.6. The van der Waals surface area contributed by atoms with E-state index in [4.69, 9.17) is 9.47 Å². The van der Waals surface area contributed by atoms with Crippen LogP contribution in [0.2, 0.25) is 0 Å². The van der Waals surface area contributed by atoms with Crippen LogP contribution < -0.4 is 0 Å². The van der Waals surface area contributed by atoms with Crippen LogP contribution in [-0.4, -0.2) is 24.5 Å². The molecule has 0 radical (unpaired) electrons. The summed E-state index contributed by atoms with van der Waals surface area (Å²) in [5.74, 6) is -1.20. The van der Waals surface area contributed by atoms with Crippen LogP contribution in [0.3, 0.4) is 0 Å². The van der Waals surface area contributed by atoms with Crippen molar-refractivity contribution in [2.75, 3.05) is 6.61 Å². The van der Waals surface area contributed by atoms with Gasteiger partial charge in [0.25, 0.3) is 0 Å². The molecule has 0 saturated carbocycles. The molecule has 0 fully saturated rings. The number of ketones is 1. The van der Waals surface area contributed by atoms with Crippen molar-refractivity contribution in [3.8, 4) is 0 Å². The number of halogens is 3. The summed E-state index contributed by atoms with van der Waals surface area (Å²) >= 11 is 0. The van der Waals surface area contributed by atoms with E-state index in [1.165, 1.54) is 26.0 Å². The van der Waals surface area contributed by atoms with Gasteiger partial charge in [-0.25, -0.2) is 0 Å². The molecule has 0 N–H and O–H groups in total. The molecular weight excluding hydrogens is 325 g/mol. The predicted molar refractivity (Wildman–Crippen MR) is 79.0 cm³/mol. The minimum atomic E-state index is -4.40. The first-order valence-corrected chi connectivity index (χ1v) is 7.33. The Labute approximate surface area is 137 Å². The minimum absolute atomic E-state index is 0.0962. The molecule has 0 unspecified atom stereocenters. The van der Waals surface area contributed by atoms with Gasteiger partial charge < -0.3 is 9.47 Å². The van der Waals surface area contributed by atoms with E-state index in [1.54, 1.807) is 12.2 Å². The third-order valence-corrected chi connectivity index (χ3v) is 3.70. The molecule has 24 heavy (non-hydrogen) atoms. The number of carbonyl (C=O) groups excluding carboxylic acids is 2. The second-order valence-electron chi connectivity index (χ2n) is 5.54. The summed E-state index contributed by atoms with van der Waals surface area (Å²) in [6.45, 7) is 2.55. The number of rotatable bonds is 4. The van der Waals surface area contributed by atoms with Crippen molar-refractivity contribution in [3.05, 3.63) is 47.5 Å². The minimum Gasteiger partial charge on any atom is -0.463 e. The van der Waals surface area contributed by atoms with E-state index in [2.05, 4.69) is 0 Å². The topological polar surface area (TPSA) is 52.6 Å². The van der Waals surface area contributed by atoms with Gasteiger partial charge in [0.05, 0.1) is 11.5 Å². The van der Waals surface area contributed by atoms with Gasteiger partial charge in [-0.2, -0.15) is 13.2 Å². The van der Waals surface area contributed by atoms with Gasteiger partial charge in [-0.1, -0.05) is 24.3 Å². The van der Waals surface area contributed by atoms with Crippen LogP contribution in [0.25, 0.3) is 0 Å². The molecule has 0 bridgehead atoms. The number of ether oxygens (including phenoxy) is 2. The Bertz CT molecular complexity index is 634. The number of Topliss-reactive ketones (excluding diaryl/α,β-unsaturated/α-hetero) is 1. The molecule has 1 aliphatic heterocycles. The van der Waals surface area contributed by atoms with Crippen molar-refractivity contribution in [1.29, 1.82) is 0 Å². The van der Waals surface area contributed by atoms with Crippen molar-refractivity contribution in [1.82, 2.24) is 0 Å². The molecule has 1 aromatic rings. The van der Waals surface area contributed by atoms with Crippen LogP contribution in [-0.2, 0) is 25.2 Å². The van der Waals surface area contributed by atoms with Crippen LogP contribution in [0.1, 0.15) is 31.1 Å². The first-order chi connectivity index (χ1) is 11.2. The van der Waals surface area contributed by atoms with E-state index in [0.717, 1.165) is 12.1 Å². The summed E-state index contributed by atoms with van der Waals surface area (Å²) in [5.41, 5.74) is -0.224. The number of carbonyl (C=O) groups is 2. The van der Waals surface area contributed by atoms with Crippen LogP contribution in [0.4, 0.5) is 13.2 Å². The summed E-state index contributed by atoms with van der Waals surface area (Å²) in [5, 5.41) is 0. The quantitative estimate of drug-likeness (QED) is 0.621. The van der Waals surface area contributed by atoms with Gasteiger partial charge in [0, 0.05) is 6.92 Å². The third kappa shape index (κ3) is 4.44. The van der Waals surface area contributed by atoms with Crippen molar-refractivity contribution in [2.45, 2.75) is 32.2 Å². The molecule has 0 aromatic heterocycles. The van der Waals surface area contributed by atoms with Crippen molar-refractivity contribution in [2.24, 2.45) is 5.92 Å². The lowest BCUT2D eigenvalue weighted by Gasteiger charge is -2.31. The second-order valence-corrected chi connectivity index (χ2v) is 5.54. The Morgan fingerprint density at radius 1 is 1.12 bits per heavy atom. The van der Waals surface area contributed by atoms with E-state index in [-0.39, 0.29) is 12.4 Å². The number of alkyl halides is 3.